The summed E-state index contributed by atoms with van der Waals surface area (Å²) < 4.78 is 31.9. The Kier molecular flexibility index (Phi) is 4.86. The largest absolute Gasteiger partial charge is 0.495 e. The molecule has 2 aliphatic heterocycles. The van der Waals surface area contributed by atoms with Crippen LogP contribution in [0.3, 0.4) is 0 Å². The monoisotopic (exact) mass is 415 g/mol. The number of benzene rings is 2. The summed E-state index contributed by atoms with van der Waals surface area (Å²) >= 11 is 0. The number of anilines is 2. The van der Waals surface area contributed by atoms with Crippen LogP contribution in [0.4, 0.5) is 20.2 Å². The molecule has 2 aromatic carbocycles. The molecule has 0 bridgehead atoms. The topological polar surface area (TPSA) is 104 Å². The summed E-state index contributed by atoms with van der Waals surface area (Å²) in [5, 5.41) is 11.3. The van der Waals surface area contributed by atoms with Crippen molar-refractivity contribution in [3.05, 3.63) is 54.1 Å². The molecular weight excluding hydrogens is 400 g/mol. The minimum absolute atomic E-state index is 0.119. The van der Waals surface area contributed by atoms with Crippen LogP contribution < -0.4 is 15.0 Å². The molecule has 2 aliphatic rings. The second-order valence-corrected chi connectivity index (χ2v) is 6.55. The van der Waals surface area contributed by atoms with Gasteiger partial charge in [-0.1, -0.05) is 17.4 Å². The number of para-hydroxylation sites is 2. The molecule has 154 valence electrons. The van der Waals surface area contributed by atoms with Gasteiger partial charge in [0, 0.05) is 6.07 Å². The van der Waals surface area contributed by atoms with Gasteiger partial charge in [-0.05, 0) is 24.3 Å². The van der Waals surface area contributed by atoms with Gasteiger partial charge in [-0.25, -0.2) is 13.7 Å². The number of methoxy groups -OCH3 is 1. The number of halogens is 2. The Hall–Kier alpha value is -3.89. The van der Waals surface area contributed by atoms with Gasteiger partial charge in [-0.3, -0.25) is 19.4 Å². The predicted octanol–water partition coefficient (Wildman–Crippen LogP) is 1.91. The number of amides is 3. The van der Waals surface area contributed by atoms with Crippen LogP contribution in [-0.2, 0) is 14.4 Å². The highest BCUT2D eigenvalue weighted by molar-refractivity contribution is 6.25. The molecule has 11 heteroatoms. The van der Waals surface area contributed by atoms with Crippen molar-refractivity contribution >= 4 is 29.1 Å². The van der Waals surface area contributed by atoms with Crippen molar-refractivity contribution in [3.8, 4) is 5.75 Å². The van der Waals surface area contributed by atoms with E-state index < -0.39 is 41.4 Å². The van der Waals surface area contributed by atoms with Crippen molar-refractivity contribution in [1.82, 2.24) is 5.01 Å². The smallest absolute Gasteiger partial charge is 0.263 e. The predicted molar refractivity (Wildman–Crippen MR) is 99.6 cm³/mol. The first kappa shape index (κ1) is 19.4. The average molecular weight is 415 g/mol. The van der Waals surface area contributed by atoms with Gasteiger partial charge in [-0.15, -0.1) is 0 Å². The maximum absolute atomic E-state index is 13.6. The number of hydrogen-bond acceptors (Lipinski definition) is 7. The van der Waals surface area contributed by atoms with Gasteiger partial charge < -0.3 is 10.1 Å². The van der Waals surface area contributed by atoms with Gasteiger partial charge in [0.2, 0.25) is 5.91 Å². The minimum atomic E-state index is -1.19. The van der Waals surface area contributed by atoms with E-state index in [-0.39, 0.29) is 12.2 Å². The van der Waals surface area contributed by atoms with E-state index in [9.17, 15) is 23.2 Å². The van der Waals surface area contributed by atoms with E-state index in [2.05, 4.69) is 15.7 Å². The minimum Gasteiger partial charge on any atom is -0.495 e. The standard InChI is InChI=1S/C19H15F2N5O4/c1-30-14-5-3-2-4-13(14)22-15(27)9-25-17-16(23-24-25)18(28)26(19(17)29)10-6-7-11(20)12(21)8-10/h2-8,16-17H,9H2,1H3,(H,22,27)/t16-,17-/m1/s1. The van der Waals surface area contributed by atoms with Crippen molar-refractivity contribution in [2.45, 2.75) is 12.1 Å². The molecule has 2 aromatic rings. The van der Waals surface area contributed by atoms with Crippen molar-refractivity contribution < 1.29 is 27.9 Å². The fourth-order valence-electron chi connectivity index (χ4n) is 3.32. The number of nitrogens with one attached hydrogen (secondary N) is 1. The van der Waals surface area contributed by atoms with Gasteiger partial charge in [-0.2, -0.15) is 5.11 Å². The summed E-state index contributed by atoms with van der Waals surface area (Å²) in [5.74, 6) is -3.82. The zero-order valence-corrected chi connectivity index (χ0v) is 15.6. The Morgan fingerprint density at radius 2 is 1.90 bits per heavy atom. The van der Waals surface area contributed by atoms with Crippen LogP contribution in [-0.4, -0.2) is 48.5 Å². The molecule has 2 atom stereocenters. The second kappa shape index (κ2) is 7.50. The van der Waals surface area contributed by atoms with Gasteiger partial charge in [0.25, 0.3) is 11.8 Å². The highest BCUT2D eigenvalue weighted by Gasteiger charge is 2.55. The quantitative estimate of drug-likeness (QED) is 0.752. The number of carbonyl (C=O) groups is 3. The molecule has 0 saturated carbocycles. The Morgan fingerprint density at radius 1 is 1.13 bits per heavy atom. The van der Waals surface area contributed by atoms with Crippen LogP contribution in [0.15, 0.2) is 52.8 Å². The number of fused-ring (bicyclic) bond motifs is 1. The highest BCUT2D eigenvalue weighted by atomic mass is 19.2. The van der Waals surface area contributed by atoms with E-state index in [1.807, 2.05) is 0 Å². The van der Waals surface area contributed by atoms with Gasteiger partial charge in [0.05, 0.1) is 18.5 Å². The maximum atomic E-state index is 13.6. The fourth-order valence-corrected chi connectivity index (χ4v) is 3.32. The van der Waals surface area contributed by atoms with Crippen LogP contribution in [0.25, 0.3) is 0 Å². The normalized spacial score (nSPS) is 20.0. The van der Waals surface area contributed by atoms with Gasteiger partial charge in [0.1, 0.15) is 12.3 Å². The summed E-state index contributed by atoms with van der Waals surface area (Å²) in [4.78, 5) is 38.6. The lowest BCUT2D eigenvalue weighted by Gasteiger charge is -2.20. The number of hydrogen-bond donors (Lipinski definition) is 1. The molecule has 1 fully saturated rings. The second-order valence-electron chi connectivity index (χ2n) is 6.55. The summed E-state index contributed by atoms with van der Waals surface area (Å²) in [6.07, 6.45) is 0. The molecule has 0 spiro atoms. The number of carbonyl (C=O) groups excluding carboxylic acids is 3. The Labute approximate surface area is 168 Å². The van der Waals surface area contributed by atoms with Gasteiger partial charge in [0.15, 0.2) is 23.7 Å². The van der Waals surface area contributed by atoms with Crippen molar-refractivity contribution in [3.63, 3.8) is 0 Å². The number of ether oxygens (including phenoxy) is 1. The summed E-state index contributed by atoms with van der Waals surface area (Å²) in [6, 6.07) is 7.14. The first-order valence-electron chi connectivity index (χ1n) is 8.84. The molecule has 3 amide bonds. The molecule has 0 radical (unpaired) electrons. The van der Waals surface area contributed by atoms with Crippen molar-refractivity contribution in [1.29, 1.82) is 0 Å². The Morgan fingerprint density at radius 3 is 2.63 bits per heavy atom. The van der Waals surface area contributed by atoms with Crippen LogP contribution in [0.1, 0.15) is 0 Å². The van der Waals surface area contributed by atoms with Crippen LogP contribution >= 0.6 is 0 Å². The fraction of sp³-hybridized carbons (Fsp3) is 0.211. The number of imide groups is 1. The Balaban J connectivity index is 1.50. The lowest BCUT2D eigenvalue weighted by Crippen LogP contribution is -2.43. The zero-order chi connectivity index (χ0) is 21.4. The summed E-state index contributed by atoms with van der Waals surface area (Å²) in [5.41, 5.74) is 0.307. The molecule has 1 saturated heterocycles. The van der Waals surface area contributed by atoms with E-state index >= 15 is 0 Å². The SMILES string of the molecule is COc1ccccc1NC(=O)CN1N=N[C@H]2C(=O)N(c3ccc(F)c(F)c3)C(=O)[C@@H]21. The third-order valence-corrected chi connectivity index (χ3v) is 4.71. The third-order valence-electron chi connectivity index (χ3n) is 4.71. The van der Waals surface area contributed by atoms with Crippen molar-refractivity contribution in [2.24, 2.45) is 10.3 Å². The lowest BCUT2D eigenvalue weighted by molar-refractivity contribution is -0.123. The maximum Gasteiger partial charge on any atom is 0.263 e. The van der Waals surface area contributed by atoms with Crippen LogP contribution in [0.5, 0.6) is 5.75 Å². The van der Waals surface area contributed by atoms with E-state index in [1.54, 1.807) is 24.3 Å². The Bertz CT molecular complexity index is 1080. The van der Waals surface area contributed by atoms with E-state index in [0.717, 1.165) is 28.1 Å². The molecule has 0 unspecified atom stereocenters. The first-order valence-corrected chi connectivity index (χ1v) is 8.84. The number of nitrogens with zero attached hydrogens (tertiary/aromatic N) is 4. The van der Waals surface area contributed by atoms with Gasteiger partial charge >= 0.3 is 0 Å². The summed E-state index contributed by atoms with van der Waals surface area (Å²) in [6.45, 7) is -0.354. The lowest BCUT2D eigenvalue weighted by atomic mass is 10.1. The average Bonchev–Trinajstić information content (AvgIpc) is 3.24. The molecule has 9 nitrogen and oxygen atoms in total. The molecule has 30 heavy (non-hydrogen) atoms. The van der Waals surface area contributed by atoms with E-state index in [4.69, 9.17) is 4.74 Å². The number of rotatable bonds is 5. The molecule has 4 rings (SSSR count). The van der Waals surface area contributed by atoms with E-state index in [1.165, 1.54) is 7.11 Å². The third kappa shape index (κ3) is 3.23. The highest BCUT2D eigenvalue weighted by Crippen LogP contribution is 2.32. The first-order chi connectivity index (χ1) is 14.4. The molecule has 0 aliphatic carbocycles. The molecule has 0 aromatic heterocycles. The molecule has 1 N–H and O–H groups in total. The van der Waals surface area contributed by atoms with Crippen molar-refractivity contribution in [2.75, 3.05) is 23.9 Å². The van der Waals surface area contributed by atoms with E-state index in [0.29, 0.717) is 11.4 Å². The van der Waals surface area contributed by atoms with Crippen LogP contribution in [0, 0.1) is 11.6 Å². The molecular formula is C19H15F2N5O4. The molecule has 2 heterocycles. The van der Waals surface area contributed by atoms with Crippen LogP contribution in [0.2, 0.25) is 0 Å². The summed E-state index contributed by atoms with van der Waals surface area (Å²) in [7, 11) is 1.46. The zero-order valence-electron chi connectivity index (χ0n) is 15.6.